The molecule has 1 aliphatic heterocycles. The maximum Gasteiger partial charge on any atom is 0.237 e. The normalized spacial score (nSPS) is 24.5. The smallest absolute Gasteiger partial charge is 0.237 e. The first kappa shape index (κ1) is 10.4. The second-order valence-corrected chi connectivity index (χ2v) is 2.90. The average Bonchev–Trinajstić information content (AvgIpc) is 2.15. The van der Waals surface area contributed by atoms with E-state index < -0.39 is 0 Å². The number of hydrogen-bond donors (Lipinski definition) is 2. The summed E-state index contributed by atoms with van der Waals surface area (Å²) < 4.78 is 5.14. The lowest BCUT2D eigenvalue weighted by Gasteiger charge is -2.32. The van der Waals surface area contributed by atoms with Crippen molar-refractivity contribution in [2.75, 3.05) is 32.9 Å². The highest BCUT2D eigenvalue weighted by Crippen LogP contribution is 2.05. The van der Waals surface area contributed by atoms with E-state index in [0.29, 0.717) is 32.9 Å². The zero-order chi connectivity index (χ0) is 9.68. The number of carbonyl (C=O) groups is 1. The molecule has 0 radical (unpaired) electrons. The van der Waals surface area contributed by atoms with E-state index in [-0.39, 0.29) is 11.9 Å². The Bertz CT molecular complexity index is 176. The van der Waals surface area contributed by atoms with Gasteiger partial charge in [0.1, 0.15) is 6.04 Å². The molecule has 1 heterocycles. The monoisotopic (exact) mass is 189 g/mol. The molecule has 0 aromatic rings. The first-order valence-electron chi connectivity index (χ1n) is 4.18. The molecule has 1 aliphatic rings. The van der Waals surface area contributed by atoms with Crippen LogP contribution in [0.4, 0.5) is 0 Å². The minimum atomic E-state index is -0.364. The van der Waals surface area contributed by atoms with Gasteiger partial charge in [0.25, 0.3) is 0 Å². The Morgan fingerprint density at radius 1 is 1.69 bits per heavy atom. The van der Waals surface area contributed by atoms with Gasteiger partial charge < -0.3 is 15.3 Å². The zero-order valence-corrected chi connectivity index (χ0v) is 7.44. The summed E-state index contributed by atoms with van der Waals surface area (Å²) in [4.78, 5) is 17.3. The van der Waals surface area contributed by atoms with Crippen LogP contribution in [0.5, 0.6) is 0 Å². The topological polar surface area (TPSA) is 90.8 Å². The summed E-state index contributed by atoms with van der Waals surface area (Å²) in [6.07, 6.45) is 0. The summed E-state index contributed by atoms with van der Waals surface area (Å²) in [6.45, 7) is 2.67. The fourth-order valence-electron chi connectivity index (χ4n) is 1.34. The highest BCUT2D eigenvalue weighted by molar-refractivity contribution is 5.80. The van der Waals surface area contributed by atoms with E-state index in [1.54, 1.807) is 0 Å². The number of nitrogens with two attached hydrogens (primary N) is 2. The van der Waals surface area contributed by atoms with E-state index in [1.807, 2.05) is 4.90 Å². The number of primary amides is 1. The Labute approximate surface area is 76.7 Å². The molecule has 1 rings (SSSR count). The molecule has 1 atom stereocenters. The highest BCUT2D eigenvalue weighted by Gasteiger charge is 2.26. The molecule has 1 amide bonds. The molecular weight excluding hydrogens is 174 g/mol. The lowest BCUT2D eigenvalue weighted by Crippen LogP contribution is -2.53. The zero-order valence-electron chi connectivity index (χ0n) is 7.44. The van der Waals surface area contributed by atoms with Crippen molar-refractivity contribution in [1.82, 2.24) is 4.90 Å². The summed E-state index contributed by atoms with van der Waals surface area (Å²) in [5.41, 5.74) is 5.20. The Morgan fingerprint density at radius 2 is 2.46 bits per heavy atom. The van der Waals surface area contributed by atoms with Crippen molar-refractivity contribution >= 4 is 5.91 Å². The van der Waals surface area contributed by atoms with E-state index in [1.165, 1.54) is 0 Å². The van der Waals surface area contributed by atoms with Gasteiger partial charge in [0.05, 0.1) is 19.8 Å². The van der Waals surface area contributed by atoms with Crippen LogP contribution in [0, 0.1) is 0 Å². The van der Waals surface area contributed by atoms with Gasteiger partial charge in [-0.3, -0.25) is 9.69 Å². The van der Waals surface area contributed by atoms with Gasteiger partial charge in [-0.1, -0.05) is 0 Å². The van der Waals surface area contributed by atoms with Crippen LogP contribution in [0.1, 0.15) is 0 Å². The van der Waals surface area contributed by atoms with Crippen LogP contribution in [0.2, 0.25) is 0 Å². The molecule has 0 aliphatic carbocycles. The van der Waals surface area contributed by atoms with E-state index in [2.05, 4.69) is 4.84 Å². The summed E-state index contributed by atoms with van der Waals surface area (Å²) >= 11 is 0. The maximum absolute atomic E-state index is 11.0. The first-order chi connectivity index (χ1) is 6.25. The van der Waals surface area contributed by atoms with Gasteiger partial charge in [-0.25, -0.2) is 5.90 Å². The minimum Gasteiger partial charge on any atom is -0.378 e. The van der Waals surface area contributed by atoms with Gasteiger partial charge in [0.2, 0.25) is 5.91 Å². The predicted octanol–water partition coefficient (Wildman–Crippen LogP) is -1.94. The number of carbonyl (C=O) groups excluding carboxylic acids is 1. The SMILES string of the molecule is NOCCN1CCOCC1C(N)=O. The number of amides is 1. The van der Waals surface area contributed by atoms with Crippen LogP contribution in [0.15, 0.2) is 0 Å². The van der Waals surface area contributed by atoms with E-state index in [9.17, 15) is 4.79 Å². The molecule has 1 fully saturated rings. The van der Waals surface area contributed by atoms with E-state index in [4.69, 9.17) is 16.4 Å². The van der Waals surface area contributed by atoms with Crippen molar-refractivity contribution in [2.24, 2.45) is 11.6 Å². The third-order valence-electron chi connectivity index (χ3n) is 2.06. The minimum absolute atomic E-state index is 0.344. The average molecular weight is 189 g/mol. The molecule has 0 spiro atoms. The summed E-state index contributed by atoms with van der Waals surface area (Å²) in [5, 5.41) is 0. The second kappa shape index (κ2) is 5.13. The molecule has 13 heavy (non-hydrogen) atoms. The fraction of sp³-hybridized carbons (Fsp3) is 0.857. The van der Waals surface area contributed by atoms with Gasteiger partial charge in [-0.2, -0.15) is 0 Å². The molecule has 0 saturated carbocycles. The quantitative estimate of drug-likeness (QED) is 0.502. The van der Waals surface area contributed by atoms with Crippen molar-refractivity contribution in [2.45, 2.75) is 6.04 Å². The molecule has 0 bridgehead atoms. The van der Waals surface area contributed by atoms with Crippen LogP contribution >= 0.6 is 0 Å². The fourth-order valence-corrected chi connectivity index (χ4v) is 1.34. The summed E-state index contributed by atoms with van der Waals surface area (Å²) in [5.74, 6) is 4.53. The van der Waals surface area contributed by atoms with Crippen molar-refractivity contribution in [3.63, 3.8) is 0 Å². The number of hydrogen-bond acceptors (Lipinski definition) is 5. The summed E-state index contributed by atoms with van der Waals surface area (Å²) in [6, 6.07) is -0.344. The lowest BCUT2D eigenvalue weighted by atomic mass is 10.2. The number of rotatable bonds is 4. The van der Waals surface area contributed by atoms with Crippen molar-refractivity contribution < 1.29 is 14.4 Å². The molecule has 0 aromatic heterocycles. The van der Waals surface area contributed by atoms with Gasteiger partial charge in [-0.15, -0.1) is 0 Å². The number of nitrogens with zero attached hydrogens (tertiary/aromatic N) is 1. The molecule has 6 heteroatoms. The largest absolute Gasteiger partial charge is 0.378 e. The third-order valence-corrected chi connectivity index (χ3v) is 2.06. The van der Waals surface area contributed by atoms with Crippen LogP contribution in [0.3, 0.4) is 0 Å². The Morgan fingerprint density at radius 3 is 3.08 bits per heavy atom. The Kier molecular flexibility index (Phi) is 4.10. The molecule has 76 valence electrons. The standard InChI is InChI=1S/C7H15N3O3/c8-7(11)6-5-12-3-1-10(6)2-4-13-9/h6H,1-5,9H2,(H2,8,11). The molecule has 4 N–H and O–H groups in total. The third kappa shape index (κ3) is 2.92. The lowest BCUT2D eigenvalue weighted by molar-refractivity contribution is -0.129. The van der Waals surface area contributed by atoms with Gasteiger partial charge >= 0.3 is 0 Å². The molecular formula is C7H15N3O3. The predicted molar refractivity (Wildman–Crippen MR) is 45.5 cm³/mol. The number of morpholine rings is 1. The van der Waals surface area contributed by atoms with Crippen molar-refractivity contribution in [3.05, 3.63) is 0 Å². The molecule has 1 unspecified atom stereocenters. The first-order valence-corrected chi connectivity index (χ1v) is 4.18. The molecule has 0 aromatic carbocycles. The van der Waals surface area contributed by atoms with E-state index in [0.717, 1.165) is 0 Å². The number of ether oxygens (including phenoxy) is 1. The van der Waals surface area contributed by atoms with Crippen molar-refractivity contribution in [1.29, 1.82) is 0 Å². The van der Waals surface area contributed by atoms with E-state index >= 15 is 0 Å². The maximum atomic E-state index is 11.0. The van der Waals surface area contributed by atoms with Crippen LogP contribution in [-0.2, 0) is 14.4 Å². The van der Waals surface area contributed by atoms with Gasteiger partial charge in [-0.05, 0) is 0 Å². The molecule has 6 nitrogen and oxygen atoms in total. The van der Waals surface area contributed by atoms with Crippen LogP contribution in [-0.4, -0.2) is 49.8 Å². The summed E-state index contributed by atoms with van der Waals surface area (Å²) in [7, 11) is 0. The van der Waals surface area contributed by atoms with Gasteiger partial charge in [0, 0.05) is 13.1 Å². The van der Waals surface area contributed by atoms with Gasteiger partial charge in [0.15, 0.2) is 0 Å². The Hall–Kier alpha value is -0.690. The van der Waals surface area contributed by atoms with Crippen LogP contribution in [0.25, 0.3) is 0 Å². The Balaban J connectivity index is 2.41. The van der Waals surface area contributed by atoms with Crippen LogP contribution < -0.4 is 11.6 Å². The second-order valence-electron chi connectivity index (χ2n) is 2.90. The van der Waals surface area contributed by atoms with Crippen molar-refractivity contribution in [3.8, 4) is 0 Å². The molecule has 1 saturated heterocycles. The highest BCUT2D eigenvalue weighted by atomic mass is 16.6.